The average molecular weight is 427 g/mol. The van der Waals surface area contributed by atoms with Gasteiger partial charge >= 0.3 is 0 Å². The molecular weight excluding hydrogens is 398 g/mol. The molecule has 0 unspecified atom stereocenters. The molecule has 1 aliphatic rings. The number of aliphatic hydroxyl groups is 1. The lowest BCUT2D eigenvalue weighted by molar-refractivity contribution is -0.108. The topological polar surface area (TPSA) is 113 Å². The summed E-state index contributed by atoms with van der Waals surface area (Å²) in [6.45, 7) is 4.15. The molecule has 0 saturated heterocycles. The second-order valence-electron chi connectivity index (χ2n) is 6.07. The number of fused-ring (bicyclic) bond motifs is 1. The standard InChI is InChI=1S/C20H29NO9/c22-5-6-25-7-8-26-9-10-27-11-12-28-13-14-29-15-16-30-21-19(23)17-3-1-2-4-18(17)20(21)24/h1-4,22H,5-16H2. The first-order valence-electron chi connectivity index (χ1n) is 9.86. The van der Waals surface area contributed by atoms with E-state index in [0.717, 1.165) is 5.06 Å². The SMILES string of the molecule is O=C1c2ccccc2C(=O)N1OCCOCCOCCOCCOCCOCCO. The normalized spacial score (nSPS) is 13.3. The van der Waals surface area contributed by atoms with Crippen LogP contribution in [0.4, 0.5) is 0 Å². The van der Waals surface area contributed by atoms with Gasteiger partial charge in [0.05, 0.1) is 90.4 Å². The number of imide groups is 1. The summed E-state index contributed by atoms with van der Waals surface area (Å²) in [7, 11) is 0. The third kappa shape index (κ3) is 8.44. The molecule has 0 aromatic heterocycles. The highest BCUT2D eigenvalue weighted by molar-refractivity contribution is 6.20. The van der Waals surface area contributed by atoms with E-state index in [0.29, 0.717) is 70.6 Å². The molecule has 30 heavy (non-hydrogen) atoms. The molecule has 2 rings (SSSR count). The van der Waals surface area contributed by atoms with Crippen molar-refractivity contribution in [1.82, 2.24) is 5.06 Å². The van der Waals surface area contributed by atoms with E-state index in [1.165, 1.54) is 0 Å². The number of hydroxylamine groups is 2. The van der Waals surface area contributed by atoms with Gasteiger partial charge in [-0.1, -0.05) is 12.1 Å². The number of rotatable bonds is 18. The summed E-state index contributed by atoms with van der Waals surface area (Å²) in [5.74, 6) is -0.918. The number of aliphatic hydroxyl groups excluding tert-OH is 1. The Kier molecular flexibility index (Phi) is 12.1. The molecule has 0 fully saturated rings. The lowest BCUT2D eigenvalue weighted by Crippen LogP contribution is -2.31. The molecule has 0 saturated carbocycles. The Labute approximate surface area is 175 Å². The van der Waals surface area contributed by atoms with Crippen LogP contribution in [-0.2, 0) is 28.5 Å². The largest absolute Gasteiger partial charge is 0.394 e. The van der Waals surface area contributed by atoms with Crippen LogP contribution in [-0.4, -0.2) is 101 Å². The number of hydrogen-bond acceptors (Lipinski definition) is 9. The molecule has 1 heterocycles. The van der Waals surface area contributed by atoms with Gasteiger partial charge in [-0.15, -0.1) is 5.06 Å². The van der Waals surface area contributed by atoms with Crippen molar-refractivity contribution in [3.8, 4) is 0 Å². The highest BCUT2D eigenvalue weighted by Gasteiger charge is 2.36. The van der Waals surface area contributed by atoms with Crippen LogP contribution in [0.1, 0.15) is 20.7 Å². The molecule has 168 valence electrons. The van der Waals surface area contributed by atoms with Crippen LogP contribution in [0, 0.1) is 0 Å². The molecular formula is C20H29NO9. The average Bonchev–Trinajstić information content (AvgIpc) is 3.01. The van der Waals surface area contributed by atoms with E-state index in [1.807, 2.05) is 0 Å². The van der Waals surface area contributed by atoms with Crippen molar-refractivity contribution in [2.45, 2.75) is 0 Å². The fraction of sp³-hybridized carbons (Fsp3) is 0.600. The Morgan fingerprint density at radius 1 is 0.600 bits per heavy atom. The molecule has 1 aliphatic heterocycles. The third-order valence-electron chi connectivity index (χ3n) is 3.93. The minimum atomic E-state index is -0.459. The number of hydrogen-bond donors (Lipinski definition) is 1. The van der Waals surface area contributed by atoms with E-state index in [-0.39, 0.29) is 19.8 Å². The van der Waals surface area contributed by atoms with E-state index in [4.69, 9.17) is 33.6 Å². The first-order valence-corrected chi connectivity index (χ1v) is 9.86. The molecule has 10 nitrogen and oxygen atoms in total. The number of carbonyl (C=O) groups is 2. The van der Waals surface area contributed by atoms with Gasteiger partial charge in [-0.2, -0.15) is 0 Å². The molecule has 0 bridgehead atoms. The fourth-order valence-electron chi connectivity index (χ4n) is 2.52. The molecule has 1 aromatic carbocycles. The molecule has 1 N–H and O–H groups in total. The van der Waals surface area contributed by atoms with Crippen LogP contribution in [0.5, 0.6) is 0 Å². The predicted octanol–water partition coefficient (Wildman–Crippen LogP) is 0.290. The highest BCUT2D eigenvalue weighted by Crippen LogP contribution is 2.22. The van der Waals surface area contributed by atoms with Crippen LogP contribution in [0.15, 0.2) is 24.3 Å². The van der Waals surface area contributed by atoms with Crippen molar-refractivity contribution in [2.75, 3.05) is 79.3 Å². The number of ether oxygens (including phenoxy) is 5. The zero-order chi connectivity index (χ0) is 21.4. The number of nitrogens with zero attached hydrogens (tertiary/aromatic N) is 1. The molecule has 0 spiro atoms. The quantitative estimate of drug-likeness (QED) is 0.261. The summed E-state index contributed by atoms with van der Waals surface area (Å²) < 4.78 is 26.4. The van der Waals surface area contributed by atoms with E-state index in [9.17, 15) is 9.59 Å². The molecule has 10 heteroatoms. The Morgan fingerprint density at radius 2 is 0.967 bits per heavy atom. The number of carbonyl (C=O) groups excluding carboxylic acids is 2. The van der Waals surface area contributed by atoms with Gasteiger partial charge in [0.25, 0.3) is 11.8 Å². The van der Waals surface area contributed by atoms with Crippen LogP contribution in [0.2, 0.25) is 0 Å². The third-order valence-corrected chi connectivity index (χ3v) is 3.93. The van der Waals surface area contributed by atoms with Gasteiger partial charge in [0.15, 0.2) is 0 Å². The van der Waals surface area contributed by atoms with Crippen molar-refractivity contribution in [3.63, 3.8) is 0 Å². The first kappa shape index (κ1) is 24.4. The molecule has 2 amide bonds. The summed E-state index contributed by atoms with van der Waals surface area (Å²) in [6.07, 6.45) is 0. The smallest absolute Gasteiger partial charge is 0.285 e. The van der Waals surface area contributed by atoms with E-state index >= 15 is 0 Å². The summed E-state index contributed by atoms with van der Waals surface area (Å²) in [5, 5.41) is 9.30. The van der Waals surface area contributed by atoms with Crippen molar-refractivity contribution in [3.05, 3.63) is 35.4 Å². The fourth-order valence-corrected chi connectivity index (χ4v) is 2.52. The van der Waals surface area contributed by atoms with Crippen molar-refractivity contribution in [1.29, 1.82) is 0 Å². The van der Waals surface area contributed by atoms with Gasteiger partial charge < -0.3 is 28.8 Å². The first-order chi connectivity index (χ1) is 14.8. The monoisotopic (exact) mass is 427 g/mol. The van der Waals surface area contributed by atoms with E-state index in [2.05, 4.69) is 0 Å². The second kappa shape index (κ2) is 15.0. The van der Waals surface area contributed by atoms with Gasteiger partial charge in [-0.3, -0.25) is 14.4 Å². The van der Waals surface area contributed by atoms with Crippen LogP contribution < -0.4 is 0 Å². The lowest BCUT2D eigenvalue weighted by Gasteiger charge is -2.13. The molecule has 0 aliphatic carbocycles. The van der Waals surface area contributed by atoms with Crippen molar-refractivity contribution < 1.29 is 43.2 Å². The number of benzene rings is 1. The van der Waals surface area contributed by atoms with Crippen LogP contribution >= 0.6 is 0 Å². The van der Waals surface area contributed by atoms with Gasteiger partial charge in [0.1, 0.15) is 0 Å². The predicted molar refractivity (Wildman–Crippen MR) is 104 cm³/mol. The van der Waals surface area contributed by atoms with E-state index < -0.39 is 11.8 Å². The van der Waals surface area contributed by atoms with Gasteiger partial charge in [-0.25, -0.2) is 0 Å². The Morgan fingerprint density at radius 3 is 1.37 bits per heavy atom. The van der Waals surface area contributed by atoms with Crippen molar-refractivity contribution in [2.24, 2.45) is 0 Å². The minimum absolute atomic E-state index is 0.0117. The van der Waals surface area contributed by atoms with Crippen LogP contribution in [0.3, 0.4) is 0 Å². The zero-order valence-electron chi connectivity index (χ0n) is 17.0. The van der Waals surface area contributed by atoms with Crippen molar-refractivity contribution >= 4 is 11.8 Å². The van der Waals surface area contributed by atoms with Crippen LogP contribution in [0.25, 0.3) is 0 Å². The van der Waals surface area contributed by atoms with Gasteiger partial charge in [0, 0.05) is 0 Å². The summed E-state index contributed by atoms with van der Waals surface area (Å²) in [5.41, 5.74) is 0.690. The molecule has 0 atom stereocenters. The van der Waals surface area contributed by atoms with Gasteiger partial charge in [-0.05, 0) is 12.1 Å². The van der Waals surface area contributed by atoms with E-state index in [1.54, 1.807) is 24.3 Å². The highest BCUT2D eigenvalue weighted by atomic mass is 16.7. The summed E-state index contributed by atoms with van der Waals surface area (Å²) >= 11 is 0. The molecule has 0 radical (unpaired) electrons. The minimum Gasteiger partial charge on any atom is -0.394 e. The maximum Gasteiger partial charge on any atom is 0.285 e. The Hall–Kier alpha value is -1.92. The molecule has 1 aromatic rings. The Balaban J connectivity index is 1.35. The lowest BCUT2D eigenvalue weighted by atomic mass is 10.1. The summed E-state index contributed by atoms with van der Waals surface area (Å²) in [6, 6.07) is 6.60. The Bertz CT molecular complexity index is 605. The maximum atomic E-state index is 12.1. The second-order valence-corrected chi connectivity index (χ2v) is 6.07. The van der Waals surface area contributed by atoms with Gasteiger partial charge in [0.2, 0.25) is 0 Å². The summed E-state index contributed by atoms with van der Waals surface area (Å²) in [4.78, 5) is 29.4. The maximum absolute atomic E-state index is 12.1. The zero-order valence-corrected chi connectivity index (χ0v) is 17.0. The number of amides is 2.